The minimum absolute atomic E-state index is 0.0295. The Bertz CT molecular complexity index is 935. The van der Waals surface area contributed by atoms with Gasteiger partial charge in [-0.25, -0.2) is 13.2 Å². The van der Waals surface area contributed by atoms with E-state index in [1.54, 1.807) is 0 Å². The van der Waals surface area contributed by atoms with Crippen LogP contribution in [0, 0.1) is 0 Å². The fraction of sp³-hybridized carbons (Fsp3) is 0.316. The SMILES string of the molecule is CCC(COC(=O)c1ccc(CS(=O)(=O)c2cc(Cl)cc(Cl)c2)cc1O)OC. The number of halogens is 2. The fourth-order valence-corrected chi connectivity index (χ4v) is 4.50. The molecule has 0 aliphatic heterocycles. The molecule has 2 aromatic carbocycles. The maximum Gasteiger partial charge on any atom is 0.342 e. The normalized spacial score (nSPS) is 12.6. The van der Waals surface area contributed by atoms with E-state index in [0.29, 0.717) is 12.0 Å². The third-order valence-electron chi connectivity index (χ3n) is 4.02. The number of carbonyl (C=O) groups excluding carboxylic acids is 1. The monoisotopic (exact) mass is 446 g/mol. The Morgan fingerprint density at radius 1 is 1.14 bits per heavy atom. The van der Waals surface area contributed by atoms with Crippen molar-refractivity contribution in [2.75, 3.05) is 13.7 Å². The molecule has 6 nitrogen and oxygen atoms in total. The van der Waals surface area contributed by atoms with Gasteiger partial charge in [0.15, 0.2) is 9.84 Å². The zero-order valence-corrected chi connectivity index (χ0v) is 17.6. The van der Waals surface area contributed by atoms with Crippen molar-refractivity contribution in [3.05, 3.63) is 57.6 Å². The van der Waals surface area contributed by atoms with Crippen molar-refractivity contribution >= 4 is 39.0 Å². The second-order valence-electron chi connectivity index (χ2n) is 6.08. The van der Waals surface area contributed by atoms with E-state index in [0.717, 1.165) is 0 Å². The smallest absolute Gasteiger partial charge is 0.342 e. The van der Waals surface area contributed by atoms with Gasteiger partial charge < -0.3 is 14.6 Å². The minimum Gasteiger partial charge on any atom is -0.507 e. The van der Waals surface area contributed by atoms with Crippen LogP contribution in [0.4, 0.5) is 0 Å². The van der Waals surface area contributed by atoms with Crippen LogP contribution in [-0.2, 0) is 25.1 Å². The Balaban J connectivity index is 2.16. The number of hydrogen-bond donors (Lipinski definition) is 1. The van der Waals surface area contributed by atoms with Crippen molar-refractivity contribution in [2.24, 2.45) is 0 Å². The molecule has 0 heterocycles. The molecule has 0 spiro atoms. The highest BCUT2D eigenvalue weighted by molar-refractivity contribution is 7.90. The Morgan fingerprint density at radius 3 is 2.32 bits per heavy atom. The Hall–Kier alpha value is -1.80. The molecular weight excluding hydrogens is 427 g/mol. The van der Waals surface area contributed by atoms with Gasteiger partial charge in [0.05, 0.1) is 16.8 Å². The predicted octanol–water partition coefficient (Wildman–Crippen LogP) is 4.25. The van der Waals surface area contributed by atoms with Crippen LogP contribution in [-0.4, -0.2) is 39.3 Å². The Labute approximate surface area is 173 Å². The van der Waals surface area contributed by atoms with E-state index >= 15 is 0 Å². The molecule has 0 saturated heterocycles. The van der Waals surface area contributed by atoms with Crippen LogP contribution >= 0.6 is 23.2 Å². The quantitative estimate of drug-likeness (QED) is 0.609. The molecule has 0 saturated carbocycles. The summed E-state index contributed by atoms with van der Waals surface area (Å²) in [6, 6.07) is 8.01. The number of ether oxygens (including phenoxy) is 2. The van der Waals surface area contributed by atoms with Crippen molar-refractivity contribution in [1.82, 2.24) is 0 Å². The van der Waals surface area contributed by atoms with Gasteiger partial charge in [-0.3, -0.25) is 0 Å². The molecule has 0 amide bonds. The van der Waals surface area contributed by atoms with E-state index in [2.05, 4.69) is 0 Å². The molecule has 0 bridgehead atoms. The number of carbonyl (C=O) groups is 1. The number of rotatable bonds is 8. The van der Waals surface area contributed by atoms with E-state index in [-0.39, 0.29) is 39.0 Å². The molecular formula is C19H20Cl2O6S. The molecule has 0 radical (unpaired) electrons. The van der Waals surface area contributed by atoms with Gasteiger partial charge in [-0.15, -0.1) is 0 Å². The molecule has 2 rings (SSSR count). The van der Waals surface area contributed by atoms with E-state index in [1.165, 1.54) is 43.5 Å². The first-order chi connectivity index (χ1) is 13.2. The first-order valence-corrected chi connectivity index (χ1v) is 10.8. The largest absolute Gasteiger partial charge is 0.507 e. The van der Waals surface area contributed by atoms with Crippen molar-refractivity contribution < 1.29 is 27.8 Å². The minimum atomic E-state index is -3.75. The lowest BCUT2D eigenvalue weighted by Gasteiger charge is -2.14. The summed E-state index contributed by atoms with van der Waals surface area (Å²) in [6.45, 7) is 1.94. The fourth-order valence-electron chi connectivity index (χ4n) is 2.45. The lowest BCUT2D eigenvalue weighted by atomic mass is 10.1. The van der Waals surface area contributed by atoms with Crippen LogP contribution in [0.25, 0.3) is 0 Å². The third-order valence-corrected chi connectivity index (χ3v) is 6.13. The van der Waals surface area contributed by atoms with Gasteiger partial charge in [-0.05, 0) is 42.3 Å². The van der Waals surface area contributed by atoms with E-state index in [4.69, 9.17) is 32.7 Å². The van der Waals surface area contributed by atoms with Gasteiger partial charge in [-0.1, -0.05) is 36.2 Å². The first-order valence-electron chi connectivity index (χ1n) is 8.37. The summed E-state index contributed by atoms with van der Waals surface area (Å²) in [5.41, 5.74) is 0.242. The zero-order chi connectivity index (χ0) is 20.9. The van der Waals surface area contributed by atoms with Gasteiger partial charge in [0.2, 0.25) is 0 Å². The second-order valence-corrected chi connectivity index (χ2v) is 8.94. The van der Waals surface area contributed by atoms with Crippen molar-refractivity contribution in [2.45, 2.75) is 30.1 Å². The van der Waals surface area contributed by atoms with Gasteiger partial charge >= 0.3 is 5.97 Å². The molecule has 152 valence electrons. The van der Waals surface area contributed by atoms with Crippen LogP contribution < -0.4 is 0 Å². The summed E-state index contributed by atoms with van der Waals surface area (Å²) in [5.74, 6) is -1.48. The van der Waals surface area contributed by atoms with Crippen LogP contribution in [0.5, 0.6) is 5.75 Å². The van der Waals surface area contributed by atoms with Crippen LogP contribution in [0.3, 0.4) is 0 Å². The molecule has 0 aliphatic rings. The van der Waals surface area contributed by atoms with Gasteiger partial charge in [0.25, 0.3) is 0 Å². The summed E-state index contributed by atoms with van der Waals surface area (Å²) in [4.78, 5) is 12.1. The number of sulfone groups is 1. The Kier molecular flexibility index (Phi) is 7.71. The maximum atomic E-state index is 12.6. The van der Waals surface area contributed by atoms with E-state index < -0.39 is 21.6 Å². The second kappa shape index (κ2) is 9.60. The van der Waals surface area contributed by atoms with Gasteiger partial charge in [-0.2, -0.15) is 0 Å². The number of phenols is 1. The summed E-state index contributed by atoms with van der Waals surface area (Å²) in [7, 11) is -2.23. The van der Waals surface area contributed by atoms with Crippen molar-refractivity contribution in [1.29, 1.82) is 0 Å². The van der Waals surface area contributed by atoms with Crippen LogP contribution in [0.1, 0.15) is 29.3 Å². The number of benzene rings is 2. The van der Waals surface area contributed by atoms with Crippen molar-refractivity contribution in [3.63, 3.8) is 0 Å². The number of methoxy groups -OCH3 is 1. The molecule has 0 fully saturated rings. The topological polar surface area (TPSA) is 89.9 Å². The number of phenolic OH excluding ortho intramolecular Hbond substituents is 1. The lowest BCUT2D eigenvalue weighted by molar-refractivity contribution is 0.00952. The highest BCUT2D eigenvalue weighted by Gasteiger charge is 2.20. The number of aromatic hydroxyl groups is 1. The van der Waals surface area contributed by atoms with E-state index in [9.17, 15) is 18.3 Å². The molecule has 1 unspecified atom stereocenters. The summed E-state index contributed by atoms with van der Waals surface area (Å²) >= 11 is 11.7. The summed E-state index contributed by atoms with van der Waals surface area (Å²) in [5, 5.41) is 10.5. The molecule has 0 aromatic heterocycles. The molecule has 1 N–H and O–H groups in total. The summed E-state index contributed by atoms with van der Waals surface area (Å²) in [6.07, 6.45) is 0.431. The van der Waals surface area contributed by atoms with Gasteiger partial charge in [0, 0.05) is 17.2 Å². The molecule has 28 heavy (non-hydrogen) atoms. The summed E-state index contributed by atoms with van der Waals surface area (Å²) < 4.78 is 35.4. The first kappa shape index (κ1) is 22.5. The zero-order valence-electron chi connectivity index (χ0n) is 15.3. The highest BCUT2D eigenvalue weighted by atomic mass is 35.5. The Morgan fingerprint density at radius 2 is 1.79 bits per heavy atom. The van der Waals surface area contributed by atoms with Crippen LogP contribution in [0.15, 0.2) is 41.3 Å². The lowest BCUT2D eigenvalue weighted by Crippen LogP contribution is -2.20. The van der Waals surface area contributed by atoms with Crippen LogP contribution in [0.2, 0.25) is 10.0 Å². The predicted molar refractivity (Wildman–Crippen MR) is 107 cm³/mol. The average Bonchev–Trinajstić information content (AvgIpc) is 2.61. The average molecular weight is 447 g/mol. The number of esters is 1. The number of hydrogen-bond acceptors (Lipinski definition) is 6. The standard InChI is InChI=1S/C19H20Cl2O6S/c1-3-15(26-2)10-27-19(23)17-5-4-12(6-18(17)22)11-28(24,25)16-8-13(20)7-14(21)9-16/h4-9,15,22H,3,10-11H2,1-2H3. The highest BCUT2D eigenvalue weighted by Crippen LogP contribution is 2.27. The van der Waals surface area contributed by atoms with Crippen molar-refractivity contribution in [3.8, 4) is 5.75 Å². The molecule has 2 aromatic rings. The van der Waals surface area contributed by atoms with Gasteiger partial charge in [0.1, 0.15) is 17.9 Å². The third kappa shape index (κ3) is 5.85. The van der Waals surface area contributed by atoms with E-state index in [1.807, 2.05) is 6.92 Å². The molecule has 0 aliphatic carbocycles. The molecule has 9 heteroatoms. The maximum absolute atomic E-state index is 12.6. The molecule has 1 atom stereocenters.